The first-order valence-electron chi connectivity index (χ1n) is 11.1. The molecule has 0 bridgehead atoms. The van der Waals surface area contributed by atoms with Gasteiger partial charge in [-0.05, 0) is 85.6 Å². The number of carbonyl (C=O) groups is 4. The van der Waals surface area contributed by atoms with E-state index in [1.54, 1.807) is 36.4 Å². The molecule has 4 rings (SSSR count). The van der Waals surface area contributed by atoms with Crippen molar-refractivity contribution in [3.05, 3.63) is 93.2 Å². The normalized spacial score (nSPS) is 14.5. The van der Waals surface area contributed by atoms with Gasteiger partial charge in [-0.15, -0.1) is 0 Å². The summed E-state index contributed by atoms with van der Waals surface area (Å²) in [6.45, 7) is 3.37. The van der Waals surface area contributed by atoms with E-state index >= 15 is 0 Å². The Bertz CT molecular complexity index is 1450. The molecule has 10 heteroatoms. The predicted octanol–water partition coefficient (Wildman–Crippen LogP) is 4.89. The van der Waals surface area contributed by atoms with Crippen LogP contribution in [-0.4, -0.2) is 30.4 Å². The number of imide groups is 2. The second-order valence-corrected chi connectivity index (χ2v) is 9.17. The van der Waals surface area contributed by atoms with Gasteiger partial charge in [0.1, 0.15) is 17.1 Å². The van der Waals surface area contributed by atoms with Gasteiger partial charge in [0, 0.05) is 15.7 Å². The Morgan fingerprint density at radius 3 is 2.46 bits per heavy atom. The summed E-state index contributed by atoms with van der Waals surface area (Å²) >= 11 is 3.35. The Labute approximate surface area is 220 Å². The standard InChI is InChI=1S/C27H21BrFN3O5/c1-15-3-9-21(11-16(15)2)32-26(35)22(25(34)31-27(32)36)13-17-12-18(28)4-10-23(17)37-14-24(33)30-20-7-5-19(29)6-8-20/h3-13H,14H2,1-2H3,(H,30,33)(H,31,34,36)/b22-13-. The monoisotopic (exact) mass is 565 g/mol. The van der Waals surface area contributed by atoms with Gasteiger partial charge in [-0.25, -0.2) is 14.1 Å². The lowest BCUT2D eigenvalue weighted by molar-refractivity contribution is -0.122. The van der Waals surface area contributed by atoms with Crippen molar-refractivity contribution < 1.29 is 28.3 Å². The summed E-state index contributed by atoms with van der Waals surface area (Å²) in [6.07, 6.45) is 1.30. The number of barbiturate groups is 1. The Hall–Kier alpha value is -4.31. The van der Waals surface area contributed by atoms with Crippen molar-refractivity contribution in [1.82, 2.24) is 5.32 Å². The molecule has 5 amide bonds. The van der Waals surface area contributed by atoms with Crippen LogP contribution in [0.1, 0.15) is 16.7 Å². The zero-order valence-corrected chi connectivity index (χ0v) is 21.4. The van der Waals surface area contributed by atoms with Crippen LogP contribution in [0.2, 0.25) is 0 Å². The summed E-state index contributed by atoms with van der Waals surface area (Å²) in [5, 5.41) is 4.78. The molecule has 0 saturated carbocycles. The molecule has 0 spiro atoms. The first-order chi connectivity index (χ1) is 17.6. The summed E-state index contributed by atoms with van der Waals surface area (Å²) < 4.78 is 19.4. The molecule has 8 nitrogen and oxygen atoms in total. The second-order valence-electron chi connectivity index (χ2n) is 8.25. The molecule has 1 aliphatic heterocycles. The van der Waals surface area contributed by atoms with Crippen LogP contribution in [0.4, 0.5) is 20.6 Å². The second kappa shape index (κ2) is 10.8. The van der Waals surface area contributed by atoms with E-state index < -0.39 is 29.6 Å². The molecule has 188 valence electrons. The van der Waals surface area contributed by atoms with Gasteiger partial charge >= 0.3 is 6.03 Å². The summed E-state index contributed by atoms with van der Waals surface area (Å²) in [7, 11) is 0. The van der Waals surface area contributed by atoms with E-state index in [9.17, 15) is 23.6 Å². The number of halogens is 2. The number of anilines is 2. The molecule has 1 heterocycles. The minimum absolute atomic E-state index is 0.222. The van der Waals surface area contributed by atoms with Crippen LogP contribution < -0.4 is 20.3 Å². The summed E-state index contributed by atoms with van der Waals surface area (Å²) in [5.74, 6) is -2.35. The van der Waals surface area contributed by atoms with Gasteiger partial charge in [-0.3, -0.25) is 19.7 Å². The fraction of sp³-hybridized carbons (Fsp3) is 0.111. The molecule has 1 aliphatic rings. The zero-order valence-electron chi connectivity index (χ0n) is 19.8. The van der Waals surface area contributed by atoms with Crippen molar-refractivity contribution in [3.63, 3.8) is 0 Å². The van der Waals surface area contributed by atoms with Gasteiger partial charge in [-0.1, -0.05) is 22.0 Å². The third kappa shape index (κ3) is 5.92. The Kier molecular flexibility index (Phi) is 7.49. The van der Waals surface area contributed by atoms with E-state index in [0.29, 0.717) is 21.4 Å². The molecular weight excluding hydrogens is 545 g/mol. The van der Waals surface area contributed by atoms with Crippen LogP contribution in [0.25, 0.3) is 6.08 Å². The molecule has 0 radical (unpaired) electrons. The lowest BCUT2D eigenvalue weighted by Gasteiger charge is -2.27. The average molecular weight is 566 g/mol. The Morgan fingerprint density at radius 1 is 1.03 bits per heavy atom. The zero-order chi connectivity index (χ0) is 26.7. The van der Waals surface area contributed by atoms with Crippen molar-refractivity contribution in [2.75, 3.05) is 16.8 Å². The quantitative estimate of drug-likeness (QED) is 0.327. The van der Waals surface area contributed by atoms with Crippen LogP contribution in [0.5, 0.6) is 5.75 Å². The smallest absolute Gasteiger partial charge is 0.335 e. The van der Waals surface area contributed by atoms with E-state index in [-0.39, 0.29) is 17.9 Å². The highest BCUT2D eigenvalue weighted by molar-refractivity contribution is 9.10. The third-order valence-electron chi connectivity index (χ3n) is 5.61. The molecule has 37 heavy (non-hydrogen) atoms. The van der Waals surface area contributed by atoms with Crippen molar-refractivity contribution in [2.24, 2.45) is 0 Å². The van der Waals surface area contributed by atoms with Gasteiger partial charge < -0.3 is 10.1 Å². The van der Waals surface area contributed by atoms with E-state index in [0.717, 1.165) is 16.0 Å². The van der Waals surface area contributed by atoms with E-state index in [2.05, 4.69) is 26.6 Å². The Balaban J connectivity index is 1.58. The van der Waals surface area contributed by atoms with Crippen LogP contribution in [-0.2, 0) is 14.4 Å². The van der Waals surface area contributed by atoms with Gasteiger partial charge in [0.05, 0.1) is 5.69 Å². The number of hydrogen-bond acceptors (Lipinski definition) is 5. The van der Waals surface area contributed by atoms with Crippen LogP contribution in [0, 0.1) is 19.7 Å². The first-order valence-corrected chi connectivity index (χ1v) is 11.9. The fourth-order valence-electron chi connectivity index (χ4n) is 3.55. The van der Waals surface area contributed by atoms with Gasteiger partial charge in [-0.2, -0.15) is 0 Å². The average Bonchev–Trinajstić information content (AvgIpc) is 2.84. The lowest BCUT2D eigenvalue weighted by atomic mass is 10.0. The lowest BCUT2D eigenvalue weighted by Crippen LogP contribution is -2.54. The van der Waals surface area contributed by atoms with Crippen LogP contribution in [0.3, 0.4) is 0 Å². The highest BCUT2D eigenvalue weighted by atomic mass is 79.9. The topological polar surface area (TPSA) is 105 Å². The SMILES string of the molecule is Cc1ccc(N2C(=O)NC(=O)/C(=C/c3cc(Br)ccc3OCC(=O)Nc3ccc(F)cc3)C2=O)cc1C. The molecule has 1 fully saturated rings. The summed E-state index contributed by atoms with van der Waals surface area (Å²) in [6, 6.07) is 14.4. The maximum atomic E-state index is 13.3. The minimum Gasteiger partial charge on any atom is -0.483 e. The number of amides is 5. The fourth-order valence-corrected chi connectivity index (χ4v) is 3.93. The minimum atomic E-state index is -0.852. The highest BCUT2D eigenvalue weighted by Gasteiger charge is 2.37. The number of urea groups is 1. The highest BCUT2D eigenvalue weighted by Crippen LogP contribution is 2.29. The Morgan fingerprint density at radius 2 is 1.76 bits per heavy atom. The van der Waals surface area contributed by atoms with E-state index in [1.165, 1.54) is 30.3 Å². The molecular formula is C27H21BrFN3O5. The number of ether oxygens (including phenoxy) is 1. The summed E-state index contributed by atoms with van der Waals surface area (Å²) in [4.78, 5) is 51.6. The molecule has 0 atom stereocenters. The molecule has 0 unspecified atom stereocenters. The number of nitrogens with zero attached hydrogens (tertiary/aromatic N) is 1. The van der Waals surface area contributed by atoms with Crippen LogP contribution >= 0.6 is 15.9 Å². The molecule has 3 aromatic carbocycles. The molecule has 0 aromatic heterocycles. The number of aryl methyl sites for hydroxylation is 2. The molecule has 2 N–H and O–H groups in total. The first kappa shape index (κ1) is 25.8. The van der Waals surface area contributed by atoms with Crippen molar-refractivity contribution in [2.45, 2.75) is 13.8 Å². The molecule has 3 aromatic rings. The third-order valence-corrected chi connectivity index (χ3v) is 6.10. The van der Waals surface area contributed by atoms with Gasteiger partial charge in [0.15, 0.2) is 6.61 Å². The molecule has 0 aliphatic carbocycles. The largest absolute Gasteiger partial charge is 0.483 e. The van der Waals surface area contributed by atoms with Crippen molar-refractivity contribution >= 4 is 57.1 Å². The number of rotatable bonds is 6. The van der Waals surface area contributed by atoms with E-state index in [4.69, 9.17) is 4.74 Å². The maximum absolute atomic E-state index is 13.3. The predicted molar refractivity (Wildman–Crippen MR) is 140 cm³/mol. The van der Waals surface area contributed by atoms with Gasteiger partial charge in [0.25, 0.3) is 17.7 Å². The maximum Gasteiger partial charge on any atom is 0.335 e. The van der Waals surface area contributed by atoms with E-state index in [1.807, 2.05) is 13.8 Å². The number of nitrogens with one attached hydrogen (secondary N) is 2. The number of hydrogen-bond donors (Lipinski definition) is 2. The molecule has 1 saturated heterocycles. The van der Waals surface area contributed by atoms with Crippen LogP contribution in [0.15, 0.2) is 70.7 Å². The number of carbonyl (C=O) groups excluding carboxylic acids is 4. The van der Waals surface area contributed by atoms with Crippen molar-refractivity contribution in [1.29, 1.82) is 0 Å². The van der Waals surface area contributed by atoms with Crippen molar-refractivity contribution in [3.8, 4) is 5.75 Å². The van der Waals surface area contributed by atoms with Gasteiger partial charge in [0.2, 0.25) is 0 Å². The summed E-state index contributed by atoms with van der Waals surface area (Å²) in [5.41, 5.74) is 2.64. The number of benzene rings is 3.